The quantitative estimate of drug-likeness (QED) is 0.787. The van der Waals surface area contributed by atoms with Crippen molar-refractivity contribution in [1.82, 2.24) is 0 Å². The van der Waals surface area contributed by atoms with Gasteiger partial charge < -0.3 is 5.11 Å². The molecule has 3 nitrogen and oxygen atoms in total. The van der Waals surface area contributed by atoms with Gasteiger partial charge in [0.15, 0.2) is 0 Å². The SMILES string of the molecule is CC(C)CC(C)C(C(=O)C(=O)O)c1ccccc1. The molecule has 0 heterocycles. The summed E-state index contributed by atoms with van der Waals surface area (Å²) >= 11 is 0. The zero-order valence-corrected chi connectivity index (χ0v) is 11.1. The van der Waals surface area contributed by atoms with Crippen LogP contribution >= 0.6 is 0 Å². The van der Waals surface area contributed by atoms with Crippen LogP contribution < -0.4 is 0 Å². The minimum atomic E-state index is -1.35. The molecule has 1 aromatic carbocycles. The average Bonchev–Trinajstić information content (AvgIpc) is 2.29. The average molecular weight is 248 g/mol. The lowest BCUT2D eigenvalue weighted by molar-refractivity contribution is -0.150. The standard InChI is InChI=1S/C15H20O3/c1-10(2)9-11(3)13(14(16)15(17)18)12-7-5-4-6-8-12/h4-8,10-11,13H,9H2,1-3H3,(H,17,18). The van der Waals surface area contributed by atoms with Gasteiger partial charge in [-0.2, -0.15) is 0 Å². The van der Waals surface area contributed by atoms with Gasteiger partial charge in [0, 0.05) is 0 Å². The van der Waals surface area contributed by atoms with Crippen LogP contribution in [0.5, 0.6) is 0 Å². The van der Waals surface area contributed by atoms with E-state index in [1.165, 1.54) is 0 Å². The van der Waals surface area contributed by atoms with E-state index in [-0.39, 0.29) is 5.92 Å². The van der Waals surface area contributed by atoms with Crippen LogP contribution in [0.3, 0.4) is 0 Å². The van der Waals surface area contributed by atoms with Crippen LogP contribution in [0.1, 0.15) is 38.7 Å². The molecule has 0 bridgehead atoms. The molecule has 0 aliphatic carbocycles. The van der Waals surface area contributed by atoms with E-state index in [0.29, 0.717) is 5.92 Å². The molecule has 1 N–H and O–H groups in total. The molecule has 3 heteroatoms. The number of carboxylic acid groups (broad SMARTS) is 1. The van der Waals surface area contributed by atoms with E-state index in [0.717, 1.165) is 12.0 Å². The van der Waals surface area contributed by atoms with Gasteiger partial charge >= 0.3 is 5.97 Å². The maximum absolute atomic E-state index is 11.9. The van der Waals surface area contributed by atoms with Gasteiger partial charge in [-0.05, 0) is 23.8 Å². The zero-order valence-electron chi connectivity index (χ0n) is 11.1. The van der Waals surface area contributed by atoms with E-state index in [9.17, 15) is 9.59 Å². The van der Waals surface area contributed by atoms with Crippen molar-refractivity contribution in [3.8, 4) is 0 Å². The van der Waals surface area contributed by atoms with Crippen LogP contribution in [0.4, 0.5) is 0 Å². The van der Waals surface area contributed by atoms with Gasteiger partial charge in [-0.1, -0.05) is 51.1 Å². The monoisotopic (exact) mass is 248 g/mol. The van der Waals surface area contributed by atoms with Crippen molar-refractivity contribution in [3.63, 3.8) is 0 Å². The first kappa shape index (κ1) is 14.4. The largest absolute Gasteiger partial charge is 0.475 e. The van der Waals surface area contributed by atoms with Crippen molar-refractivity contribution in [2.75, 3.05) is 0 Å². The van der Waals surface area contributed by atoms with E-state index >= 15 is 0 Å². The second-order valence-electron chi connectivity index (χ2n) is 5.16. The second-order valence-corrected chi connectivity index (χ2v) is 5.16. The molecule has 0 aromatic heterocycles. The third-order valence-corrected chi connectivity index (χ3v) is 3.06. The molecular weight excluding hydrogens is 228 g/mol. The summed E-state index contributed by atoms with van der Waals surface area (Å²) in [5, 5.41) is 8.95. The Balaban J connectivity index is 3.03. The predicted molar refractivity (Wildman–Crippen MR) is 70.4 cm³/mol. The first-order chi connectivity index (χ1) is 8.43. The smallest absolute Gasteiger partial charge is 0.372 e. The van der Waals surface area contributed by atoms with Crippen LogP contribution in [-0.4, -0.2) is 16.9 Å². The van der Waals surface area contributed by atoms with Gasteiger partial charge in [0.05, 0.1) is 5.92 Å². The molecule has 0 spiro atoms. The number of carbonyl (C=O) groups excluding carboxylic acids is 1. The Morgan fingerprint density at radius 1 is 1.11 bits per heavy atom. The molecule has 0 aliphatic rings. The first-order valence-corrected chi connectivity index (χ1v) is 6.25. The highest BCUT2D eigenvalue weighted by atomic mass is 16.4. The van der Waals surface area contributed by atoms with Gasteiger partial charge in [-0.3, -0.25) is 4.79 Å². The molecule has 18 heavy (non-hydrogen) atoms. The molecule has 1 aromatic rings. The van der Waals surface area contributed by atoms with Crippen LogP contribution in [-0.2, 0) is 9.59 Å². The number of hydrogen-bond acceptors (Lipinski definition) is 2. The summed E-state index contributed by atoms with van der Waals surface area (Å²) in [5.74, 6) is -2.15. The number of hydrogen-bond donors (Lipinski definition) is 1. The van der Waals surface area contributed by atoms with E-state index in [1.807, 2.05) is 37.3 Å². The fraction of sp³-hybridized carbons (Fsp3) is 0.467. The molecule has 0 aliphatic heterocycles. The lowest BCUT2D eigenvalue weighted by atomic mass is 9.80. The highest BCUT2D eigenvalue weighted by Crippen LogP contribution is 2.30. The molecule has 0 amide bonds. The van der Waals surface area contributed by atoms with Crippen molar-refractivity contribution in [2.24, 2.45) is 11.8 Å². The lowest BCUT2D eigenvalue weighted by Gasteiger charge is -2.23. The molecule has 0 saturated heterocycles. The van der Waals surface area contributed by atoms with E-state index in [2.05, 4.69) is 13.8 Å². The van der Waals surface area contributed by atoms with Crippen molar-refractivity contribution in [1.29, 1.82) is 0 Å². The van der Waals surface area contributed by atoms with Crippen molar-refractivity contribution < 1.29 is 14.7 Å². The number of carboxylic acids is 1. The normalized spacial score (nSPS) is 14.2. The fourth-order valence-electron chi connectivity index (χ4n) is 2.41. The maximum atomic E-state index is 11.9. The highest BCUT2D eigenvalue weighted by Gasteiger charge is 2.31. The number of ketones is 1. The van der Waals surface area contributed by atoms with Gasteiger partial charge in [0.25, 0.3) is 0 Å². The van der Waals surface area contributed by atoms with Crippen LogP contribution in [0.2, 0.25) is 0 Å². The Kier molecular flexibility index (Phi) is 5.08. The maximum Gasteiger partial charge on any atom is 0.372 e. The van der Waals surface area contributed by atoms with Gasteiger partial charge in [0.2, 0.25) is 5.78 Å². The number of rotatable bonds is 6. The third-order valence-electron chi connectivity index (χ3n) is 3.06. The molecule has 2 unspecified atom stereocenters. The summed E-state index contributed by atoms with van der Waals surface area (Å²) in [7, 11) is 0. The molecule has 98 valence electrons. The summed E-state index contributed by atoms with van der Waals surface area (Å²) in [6, 6.07) is 9.17. The van der Waals surface area contributed by atoms with E-state index < -0.39 is 17.7 Å². The van der Waals surface area contributed by atoms with E-state index in [4.69, 9.17) is 5.11 Å². The van der Waals surface area contributed by atoms with Gasteiger partial charge in [0.1, 0.15) is 0 Å². The number of Topliss-reactive ketones (excluding diaryl/α,β-unsaturated/α-hetero) is 1. The molecule has 0 saturated carbocycles. The van der Waals surface area contributed by atoms with Gasteiger partial charge in [-0.25, -0.2) is 4.79 Å². The third kappa shape index (κ3) is 3.69. The summed E-state index contributed by atoms with van der Waals surface area (Å²) in [6.45, 7) is 6.09. The Hall–Kier alpha value is -1.64. The Bertz CT molecular complexity index is 409. The summed E-state index contributed by atoms with van der Waals surface area (Å²) < 4.78 is 0. The van der Waals surface area contributed by atoms with Crippen molar-refractivity contribution in [2.45, 2.75) is 33.1 Å². The minimum absolute atomic E-state index is 0.0241. The molecule has 0 radical (unpaired) electrons. The number of carbonyl (C=O) groups is 2. The van der Waals surface area contributed by atoms with Crippen LogP contribution in [0, 0.1) is 11.8 Å². The van der Waals surface area contributed by atoms with Crippen LogP contribution in [0.25, 0.3) is 0 Å². The lowest BCUT2D eigenvalue weighted by Crippen LogP contribution is -2.27. The Morgan fingerprint density at radius 3 is 2.11 bits per heavy atom. The van der Waals surface area contributed by atoms with Crippen molar-refractivity contribution >= 4 is 11.8 Å². The highest BCUT2D eigenvalue weighted by molar-refractivity contribution is 6.35. The molecule has 0 fully saturated rings. The summed E-state index contributed by atoms with van der Waals surface area (Å²) in [4.78, 5) is 22.8. The van der Waals surface area contributed by atoms with E-state index in [1.54, 1.807) is 0 Å². The topological polar surface area (TPSA) is 54.4 Å². The van der Waals surface area contributed by atoms with Crippen molar-refractivity contribution in [3.05, 3.63) is 35.9 Å². The molecular formula is C15H20O3. The summed E-state index contributed by atoms with van der Waals surface area (Å²) in [5.41, 5.74) is 0.790. The Morgan fingerprint density at radius 2 is 1.67 bits per heavy atom. The number of benzene rings is 1. The zero-order chi connectivity index (χ0) is 13.7. The first-order valence-electron chi connectivity index (χ1n) is 6.25. The second kappa shape index (κ2) is 6.34. The predicted octanol–water partition coefficient (Wildman–Crippen LogP) is 3.11. The summed E-state index contributed by atoms with van der Waals surface area (Å²) in [6.07, 6.45) is 0.832. The van der Waals surface area contributed by atoms with Gasteiger partial charge in [-0.15, -0.1) is 0 Å². The minimum Gasteiger partial charge on any atom is -0.475 e. The fourth-order valence-corrected chi connectivity index (χ4v) is 2.41. The molecule has 2 atom stereocenters. The molecule has 1 rings (SSSR count). The Labute approximate surface area is 108 Å². The number of aliphatic carboxylic acids is 1. The van der Waals surface area contributed by atoms with Crippen LogP contribution in [0.15, 0.2) is 30.3 Å².